The van der Waals surface area contributed by atoms with Crippen LogP contribution in [0.5, 0.6) is 11.8 Å². The van der Waals surface area contributed by atoms with Crippen molar-refractivity contribution < 1.29 is 9.47 Å². The van der Waals surface area contributed by atoms with Crippen LogP contribution in [-0.2, 0) is 0 Å². The summed E-state index contributed by atoms with van der Waals surface area (Å²) in [4.78, 5) is 8.15. The summed E-state index contributed by atoms with van der Waals surface area (Å²) < 4.78 is 11.0. The fourth-order valence-electron chi connectivity index (χ4n) is 1.32. The van der Waals surface area contributed by atoms with Gasteiger partial charge in [-0.3, -0.25) is 0 Å². The van der Waals surface area contributed by atoms with Crippen molar-refractivity contribution in [2.75, 3.05) is 19.7 Å². The smallest absolute Gasteiger partial charge is 0.223 e. The second-order valence-electron chi connectivity index (χ2n) is 3.44. The van der Waals surface area contributed by atoms with Crippen LogP contribution < -0.4 is 14.8 Å². The standard InChI is InChI=1S/C10H15N3O2/c1-3-14-9-7(2)10(13-6-12-9)15-8-4-11-5-8/h6,8,11H,3-5H2,1-2H3. The van der Waals surface area contributed by atoms with Crippen molar-refractivity contribution in [3.63, 3.8) is 0 Å². The van der Waals surface area contributed by atoms with Gasteiger partial charge in [0.2, 0.25) is 11.8 Å². The first kappa shape index (κ1) is 10.2. The molecule has 0 saturated carbocycles. The highest BCUT2D eigenvalue weighted by Crippen LogP contribution is 2.23. The summed E-state index contributed by atoms with van der Waals surface area (Å²) in [6.45, 7) is 6.20. The Morgan fingerprint density at radius 3 is 2.73 bits per heavy atom. The van der Waals surface area contributed by atoms with E-state index >= 15 is 0 Å². The third-order valence-electron chi connectivity index (χ3n) is 2.29. The van der Waals surface area contributed by atoms with Crippen LogP contribution in [0.1, 0.15) is 12.5 Å². The Bertz CT molecular complexity index is 339. The molecular weight excluding hydrogens is 194 g/mol. The van der Waals surface area contributed by atoms with E-state index in [4.69, 9.17) is 9.47 Å². The van der Waals surface area contributed by atoms with Crippen molar-refractivity contribution in [3.05, 3.63) is 11.9 Å². The van der Waals surface area contributed by atoms with E-state index in [0.29, 0.717) is 18.4 Å². The summed E-state index contributed by atoms with van der Waals surface area (Å²) in [5.74, 6) is 1.23. The summed E-state index contributed by atoms with van der Waals surface area (Å²) in [5.41, 5.74) is 0.867. The molecule has 82 valence electrons. The van der Waals surface area contributed by atoms with Gasteiger partial charge in [0.25, 0.3) is 0 Å². The van der Waals surface area contributed by atoms with Gasteiger partial charge in [-0.05, 0) is 13.8 Å². The van der Waals surface area contributed by atoms with E-state index in [1.54, 1.807) is 0 Å². The molecule has 0 atom stereocenters. The Morgan fingerprint density at radius 2 is 2.13 bits per heavy atom. The molecule has 0 aromatic carbocycles. The molecule has 5 heteroatoms. The molecule has 1 N–H and O–H groups in total. The summed E-state index contributed by atoms with van der Waals surface area (Å²) in [5, 5.41) is 3.14. The average molecular weight is 209 g/mol. The molecule has 1 aliphatic rings. The fourth-order valence-corrected chi connectivity index (χ4v) is 1.32. The van der Waals surface area contributed by atoms with Crippen LogP contribution in [0.25, 0.3) is 0 Å². The molecule has 0 unspecified atom stereocenters. The second-order valence-corrected chi connectivity index (χ2v) is 3.44. The zero-order valence-corrected chi connectivity index (χ0v) is 8.99. The summed E-state index contributed by atoms with van der Waals surface area (Å²) >= 11 is 0. The zero-order chi connectivity index (χ0) is 10.7. The van der Waals surface area contributed by atoms with Gasteiger partial charge in [-0.2, -0.15) is 0 Å². The SMILES string of the molecule is CCOc1ncnc(OC2CNC2)c1C. The molecule has 15 heavy (non-hydrogen) atoms. The van der Waals surface area contributed by atoms with E-state index in [1.165, 1.54) is 6.33 Å². The number of nitrogens with zero attached hydrogens (tertiary/aromatic N) is 2. The van der Waals surface area contributed by atoms with Crippen LogP contribution in [0.3, 0.4) is 0 Å². The predicted octanol–water partition coefficient (Wildman–Crippen LogP) is 0.534. The van der Waals surface area contributed by atoms with E-state index in [0.717, 1.165) is 18.7 Å². The van der Waals surface area contributed by atoms with Crippen molar-refractivity contribution in [1.29, 1.82) is 0 Å². The Balaban J connectivity index is 2.11. The number of nitrogens with one attached hydrogen (secondary N) is 1. The van der Waals surface area contributed by atoms with Crippen LogP contribution in [0.2, 0.25) is 0 Å². The monoisotopic (exact) mass is 209 g/mol. The first-order valence-electron chi connectivity index (χ1n) is 5.13. The van der Waals surface area contributed by atoms with E-state index in [2.05, 4.69) is 15.3 Å². The Kier molecular flexibility index (Phi) is 3.01. The minimum atomic E-state index is 0.230. The quantitative estimate of drug-likeness (QED) is 0.784. The van der Waals surface area contributed by atoms with Gasteiger partial charge in [0.05, 0.1) is 12.2 Å². The molecule has 2 heterocycles. The van der Waals surface area contributed by atoms with Gasteiger partial charge in [0, 0.05) is 13.1 Å². The molecule has 1 saturated heterocycles. The summed E-state index contributed by atoms with van der Waals surface area (Å²) in [6.07, 6.45) is 1.70. The lowest BCUT2D eigenvalue weighted by Crippen LogP contribution is -2.50. The molecule has 0 spiro atoms. The van der Waals surface area contributed by atoms with Crippen LogP contribution in [0, 0.1) is 6.92 Å². The van der Waals surface area contributed by atoms with E-state index in [-0.39, 0.29) is 6.10 Å². The van der Waals surface area contributed by atoms with E-state index < -0.39 is 0 Å². The molecule has 1 aliphatic heterocycles. The van der Waals surface area contributed by atoms with Gasteiger partial charge in [-0.1, -0.05) is 0 Å². The summed E-state index contributed by atoms with van der Waals surface area (Å²) in [7, 11) is 0. The average Bonchev–Trinajstić information content (AvgIpc) is 2.17. The van der Waals surface area contributed by atoms with E-state index in [1.807, 2.05) is 13.8 Å². The Labute approximate surface area is 88.8 Å². The minimum Gasteiger partial charge on any atom is -0.478 e. The van der Waals surface area contributed by atoms with Gasteiger partial charge in [-0.15, -0.1) is 0 Å². The Morgan fingerprint density at radius 1 is 1.40 bits per heavy atom. The zero-order valence-electron chi connectivity index (χ0n) is 8.99. The van der Waals surface area contributed by atoms with Gasteiger partial charge in [-0.25, -0.2) is 9.97 Å². The van der Waals surface area contributed by atoms with Crippen LogP contribution in [0.4, 0.5) is 0 Å². The lowest BCUT2D eigenvalue weighted by molar-refractivity contribution is 0.134. The molecule has 2 rings (SSSR count). The van der Waals surface area contributed by atoms with Crippen LogP contribution in [-0.4, -0.2) is 35.8 Å². The van der Waals surface area contributed by atoms with Gasteiger partial charge < -0.3 is 14.8 Å². The molecule has 1 aromatic heterocycles. The van der Waals surface area contributed by atoms with Gasteiger partial charge >= 0.3 is 0 Å². The number of hydrogen-bond acceptors (Lipinski definition) is 5. The number of hydrogen-bond donors (Lipinski definition) is 1. The molecule has 0 bridgehead atoms. The third-order valence-corrected chi connectivity index (χ3v) is 2.29. The highest BCUT2D eigenvalue weighted by molar-refractivity contribution is 5.32. The maximum Gasteiger partial charge on any atom is 0.223 e. The van der Waals surface area contributed by atoms with Gasteiger partial charge in [0.1, 0.15) is 12.4 Å². The number of ether oxygens (including phenoxy) is 2. The lowest BCUT2D eigenvalue weighted by atomic mass is 10.2. The molecule has 0 aliphatic carbocycles. The Hall–Kier alpha value is -1.36. The lowest BCUT2D eigenvalue weighted by Gasteiger charge is -2.27. The largest absolute Gasteiger partial charge is 0.478 e. The highest BCUT2D eigenvalue weighted by Gasteiger charge is 2.20. The molecular formula is C10H15N3O2. The van der Waals surface area contributed by atoms with Crippen molar-refractivity contribution in [2.24, 2.45) is 0 Å². The first-order valence-corrected chi connectivity index (χ1v) is 5.13. The number of rotatable bonds is 4. The van der Waals surface area contributed by atoms with Crippen LogP contribution in [0.15, 0.2) is 6.33 Å². The van der Waals surface area contributed by atoms with Crippen molar-refractivity contribution in [1.82, 2.24) is 15.3 Å². The second kappa shape index (κ2) is 4.44. The number of aromatic nitrogens is 2. The first-order chi connectivity index (χ1) is 7.31. The van der Waals surface area contributed by atoms with Crippen molar-refractivity contribution in [3.8, 4) is 11.8 Å². The molecule has 5 nitrogen and oxygen atoms in total. The normalized spacial score (nSPS) is 15.9. The van der Waals surface area contributed by atoms with Crippen molar-refractivity contribution in [2.45, 2.75) is 20.0 Å². The third kappa shape index (κ3) is 2.18. The summed E-state index contributed by atoms with van der Waals surface area (Å²) in [6, 6.07) is 0. The fraction of sp³-hybridized carbons (Fsp3) is 0.600. The van der Waals surface area contributed by atoms with Crippen molar-refractivity contribution >= 4 is 0 Å². The molecule has 1 aromatic rings. The molecule has 0 radical (unpaired) electrons. The van der Waals surface area contributed by atoms with Crippen LogP contribution >= 0.6 is 0 Å². The van der Waals surface area contributed by atoms with Gasteiger partial charge in [0.15, 0.2) is 0 Å². The maximum absolute atomic E-state index is 5.67. The highest BCUT2D eigenvalue weighted by atomic mass is 16.5. The molecule has 0 amide bonds. The van der Waals surface area contributed by atoms with E-state index in [9.17, 15) is 0 Å². The minimum absolute atomic E-state index is 0.230. The predicted molar refractivity (Wildman–Crippen MR) is 55.2 cm³/mol. The maximum atomic E-state index is 5.67. The topological polar surface area (TPSA) is 56.3 Å². The molecule has 1 fully saturated rings.